The zero-order chi connectivity index (χ0) is 11.8. The van der Waals surface area contributed by atoms with Crippen LogP contribution in [0, 0.1) is 0 Å². The van der Waals surface area contributed by atoms with Crippen molar-refractivity contribution in [2.24, 2.45) is 0 Å². The van der Waals surface area contributed by atoms with Crippen LogP contribution in [0.15, 0.2) is 12.5 Å². The van der Waals surface area contributed by atoms with E-state index in [1.807, 2.05) is 12.5 Å². The van der Waals surface area contributed by atoms with E-state index in [-0.39, 0.29) is 0 Å². The van der Waals surface area contributed by atoms with Crippen LogP contribution in [0.3, 0.4) is 0 Å². The van der Waals surface area contributed by atoms with Crippen molar-refractivity contribution >= 4 is 0 Å². The van der Waals surface area contributed by atoms with Crippen LogP contribution in [0.4, 0.5) is 0 Å². The summed E-state index contributed by atoms with van der Waals surface area (Å²) in [4.78, 5) is 4.23. The maximum Gasteiger partial charge on any atom is 0.0951 e. The summed E-state index contributed by atoms with van der Waals surface area (Å²) in [6, 6.07) is 1.02. The SMILES string of the molecule is CC(C)n1cncc1CNC1CC2CCC1O2. The van der Waals surface area contributed by atoms with Crippen molar-refractivity contribution in [2.45, 2.75) is 63.9 Å². The Hall–Kier alpha value is -0.870. The molecule has 1 N–H and O–H groups in total. The Balaban J connectivity index is 1.59. The lowest BCUT2D eigenvalue weighted by atomic mass is 9.95. The molecule has 94 valence electrons. The van der Waals surface area contributed by atoms with Crippen molar-refractivity contribution < 1.29 is 4.74 Å². The third-order valence-corrected chi connectivity index (χ3v) is 3.95. The van der Waals surface area contributed by atoms with Gasteiger partial charge in [-0.3, -0.25) is 0 Å². The molecule has 1 aromatic heterocycles. The van der Waals surface area contributed by atoms with Crippen LogP contribution in [0.2, 0.25) is 0 Å². The lowest BCUT2D eigenvalue weighted by molar-refractivity contribution is 0.0972. The summed E-state index contributed by atoms with van der Waals surface area (Å²) in [6.07, 6.45) is 8.52. The van der Waals surface area contributed by atoms with E-state index in [0.717, 1.165) is 6.54 Å². The normalized spacial score (nSPS) is 31.6. The van der Waals surface area contributed by atoms with Gasteiger partial charge in [0, 0.05) is 24.8 Å². The van der Waals surface area contributed by atoms with Gasteiger partial charge in [-0.2, -0.15) is 0 Å². The fourth-order valence-electron chi connectivity index (χ4n) is 3.02. The molecule has 0 aromatic carbocycles. The van der Waals surface area contributed by atoms with Gasteiger partial charge >= 0.3 is 0 Å². The van der Waals surface area contributed by atoms with Crippen LogP contribution in [0.5, 0.6) is 0 Å². The summed E-state index contributed by atoms with van der Waals surface area (Å²) in [5, 5.41) is 3.62. The quantitative estimate of drug-likeness (QED) is 0.866. The molecule has 1 aromatic rings. The summed E-state index contributed by atoms with van der Waals surface area (Å²) in [5.74, 6) is 0. The van der Waals surface area contributed by atoms with E-state index >= 15 is 0 Å². The molecule has 0 amide bonds. The van der Waals surface area contributed by atoms with Crippen LogP contribution in [-0.4, -0.2) is 27.8 Å². The summed E-state index contributed by atoms with van der Waals surface area (Å²) in [6.45, 7) is 5.27. The number of nitrogens with one attached hydrogen (secondary N) is 1. The van der Waals surface area contributed by atoms with Crippen molar-refractivity contribution in [3.8, 4) is 0 Å². The van der Waals surface area contributed by atoms with E-state index in [0.29, 0.717) is 24.3 Å². The Morgan fingerprint density at radius 3 is 3.06 bits per heavy atom. The summed E-state index contributed by atoms with van der Waals surface area (Å²) < 4.78 is 8.07. The van der Waals surface area contributed by atoms with Gasteiger partial charge in [0.25, 0.3) is 0 Å². The van der Waals surface area contributed by atoms with Crippen LogP contribution >= 0.6 is 0 Å². The highest BCUT2D eigenvalue weighted by atomic mass is 16.5. The first-order valence-electron chi connectivity index (χ1n) is 6.63. The monoisotopic (exact) mass is 235 g/mol. The zero-order valence-electron chi connectivity index (χ0n) is 10.6. The molecule has 2 saturated heterocycles. The van der Waals surface area contributed by atoms with E-state index in [2.05, 4.69) is 28.7 Å². The molecule has 4 heteroatoms. The Labute approximate surface area is 102 Å². The second-order valence-electron chi connectivity index (χ2n) is 5.48. The highest BCUT2D eigenvalue weighted by molar-refractivity contribution is 5.01. The number of rotatable bonds is 4. The maximum atomic E-state index is 5.85. The molecule has 0 spiro atoms. The molecule has 3 atom stereocenters. The number of hydrogen-bond donors (Lipinski definition) is 1. The fraction of sp³-hybridized carbons (Fsp3) is 0.769. The third kappa shape index (κ3) is 2.11. The lowest BCUT2D eigenvalue weighted by Crippen LogP contribution is -2.37. The number of ether oxygens (including phenoxy) is 1. The average molecular weight is 235 g/mol. The van der Waals surface area contributed by atoms with Gasteiger partial charge < -0.3 is 14.6 Å². The van der Waals surface area contributed by atoms with Gasteiger partial charge in [-0.15, -0.1) is 0 Å². The standard InChI is InChI=1S/C13H21N3O/c1-9(2)16-8-14-6-10(16)7-15-12-5-11-3-4-13(12)17-11/h6,8-9,11-13,15H,3-5,7H2,1-2H3. The van der Waals surface area contributed by atoms with E-state index in [4.69, 9.17) is 4.74 Å². The molecule has 2 aliphatic heterocycles. The van der Waals surface area contributed by atoms with E-state index in [1.165, 1.54) is 25.0 Å². The Bertz CT molecular complexity index is 388. The minimum absolute atomic E-state index is 0.454. The summed E-state index contributed by atoms with van der Waals surface area (Å²) >= 11 is 0. The van der Waals surface area contributed by atoms with Crippen LogP contribution in [-0.2, 0) is 11.3 Å². The molecule has 0 aliphatic carbocycles. The zero-order valence-corrected chi connectivity index (χ0v) is 10.6. The highest BCUT2D eigenvalue weighted by Gasteiger charge is 2.40. The Morgan fingerprint density at radius 2 is 2.41 bits per heavy atom. The second-order valence-corrected chi connectivity index (χ2v) is 5.48. The third-order valence-electron chi connectivity index (χ3n) is 3.95. The first-order valence-corrected chi connectivity index (χ1v) is 6.63. The van der Waals surface area contributed by atoms with Gasteiger partial charge in [0.2, 0.25) is 0 Å². The van der Waals surface area contributed by atoms with E-state index < -0.39 is 0 Å². The van der Waals surface area contributed by atoms with Gasteiger partial charge in [0.15, 0.2) is 0 Å². The first kappa shape index (κ1) is 11.2. The first-order chi connectivity index (χ1) is 8.24. The Kier molecular flexibility index (Phi) is 2.92. The van der Waals surface area contributed by atoms with Crippen LogP contribution in [0.1, 0.15) is 44.8 Å². The topological polar surface area (TPSA) is 39.1 Å². The largest absolute Gasteiger partial charge is 0.373 e. The van der Waals surface area contributed by atoms with E-state index in [1.54, 1.807) is 0 Å². The predicted octanol–water partition coefficient (Wildman–Crippen LogP) is 1.87. The van der Waals surface area contributed by atoms with Gasteiger partial charge in [-0.05, 0) is 33.1 Å². The van der Waals surface area contributed by atoms with E-state index in [9.17, 15) is 0 Å². The number of fused-ring (bicyclic) bond motifs is 2. The van der Waals surface area contributed by atoms with Gasteiger partial charge in [-0.25, -0.2) is 4.98 Å². The molecule has 3 rings (SSSR count). The van der Waals surface area contributed by atoms with Crippen molar-refractivity contribution in [1.29, 1.82) is 0 Å². The molecule has 2 aliphatic rings. The minimum atomic E-state index is 0.454. The average Bonchev–Trinajstić information content (AvgIpc) is 3.01. The Morgan fingerprint density at radius 1 is 1.53 bits per heavy atom. The van der Waals surface area contributed by atoms with Gasteiger partial charge in [0.1, 0.15) is 0 Å². The number of hydrogen-bond acceptors (Lipinski definition) is 3. The van der Waals surface area contributed by atoms with Gasteiger partial charge in [0.05, 0.1) is 24.2 Å². The van der Waals surface area contributed by atoms with Crippen molar-refractivity contribution in [3.63, 3.8) is 0 Å². The molecule has 17 heavy (non-hydrogen) atoms. The number of aromatic nitrogens is 2. The summed E-state index contributed by atoms with van der Waals surface area (Å²) in [7, 11) is 0. The maximum absolute atomic E-state index is 5.85. The molecule has 0 saturated carbocycles. The van der Waals surface area contributed by atoms with Crippen molar-refractivity contribution in [3.05, 3.63) is 18.2 Å². The molecule has 3 unspecified atom stereocenters. The molecule has 2 fully saturated rings. The molecule has 2 bridgehead atoms. The lowest BCUT2D eigenvalue weighted by Gasteiger charge is -2.21. The molecule has 0 radical (unpaired) electrons. The summed E-state index contributed by atoms with van der Waals surface area (Å²) in [5.41, 5.74) is 1.27. The fourth-order valence-corrected chi connectivity index (χ4v) is 3.02. The predicted molar refractivity (Wildman–Crippen MR) is 65.8 cm³/mol. The molecular weight excluding hydrogens is 214 g/mol. The minimum Gasteiger partial charge on any atom is -0.373 e. The molecule has 3 heterocycles. The molecular formula is C13H21N3O. The smallest absolute Gasteiger partial charge is 0.0951 e. The van der Waals surface area contributed by atoms with Gasteiger partial charge in [-0.1, -0.05) is 0 Å². The number of nitrogens with zero attached hydrogens (tertiary/aromatic N) is 2. The second kappa shape index (κ2) is 4.42. The number of imidazole rings is 1. The van der Waals surface area contributed by atoms with Crippen LogP contribution in [0.25, 0.3) is 0 Å². The van der Waals surface area contributed by atoms with Crippen LogP contribution < -0.4 is 5.32 Å². The molecule has 4 nitrogen and oxygen atoms in total. The van der Waals surface area contributed by atoms with Crippen molar-refractivity contribution in [2.75, 3.05) is 0 Å². The highest BCUT2D eigenvalue weighted by Crippen LogP contribution is 2.34. The van der Waals surface area contributed by atoms with Crippen molar-refractivity contribution in [1.82, 2.24) is 14.9 Å².